The van der Waals surface area contributed by atoms with Crippen molar-refractivity contribution in [1.29, 1.82) is 0 Å². The molecule has 0 amide bonds. The smallest absolute Gasteiger partial charge is 0.304 e. The van der Waals surface area contributed by atoms with Gasteiger partial charge in [0.05, 0.1) is 48.3 Å². The van der Waals surface area contributed by atoms with E-state index in [1.54, 1.807) is 19.5 Å². The minimum atomic E-state index is -1.31. The molecule has 4 saturated carbocycles. The Kier molecular flexibility index (Phi) is 6.21. The summed E-state index contributed by atoms with van der Waals surface area (Å²) < 4.78 is 35.6. The summed E-state index contributed by atoms with van der Waals surface area (Å²) in [5.41, 5.74) is -5.09. The molecule has 3 heterocycles. The third-order valence-electron chi connectivity index (χ3n) is 12.8. The van der Waals surface area contributed by atoms with Crippen LogP contribution in [0.25, 0.3) is 0 Å². The number of rotatable bonds is 4. The van der Waals surface area contributed by atoms with E-state index in [0.29, 0.717) is 6.42 Å². The Morgan fingerprint density at radius 1 is 0.909 bits per heavy atom. The van der Waals surface area contributed by atoms with Gasteiger partial charge in [0, 0.05) is 49.9 Å². The molecule has 0 radical (unpaired) electrons. The Labute approximate surface area is 254 Å². The van der Waals surface area contributed by atoms with Gasteiger partial charge < -0.3 is 38.3 Å². The second-order valence-corrected chi connectivity index (χ2v) is 14.5. The number of esters is 3. The predicted molar refractivity (Wildman–Crippen MR) is 146 cm³/mol. The van der Waals surface area contributed by atoms with Crippen molar-refractivity contribution in [2.24, 2.45) is 33.5 Å². The quantitative estimate of drug-likeness (QED) is 0.287. The summed E-state index contributed by atoms with van der Waals surface area (Å²) >= 11 is 0. The topological polar surface area (TPSA) is 171 Å². The number of aliphatic hydroxyl groups is 2. The molecule has 14 atom stereocenters. The molecule has 1 aromatic rings. The molecule has 6 aliphatic rings. The lowest BCUT2D eigenvalue weighted by atomic mass is 9.33. The van der Waals surface area contributed by atoms with Gasteiger partial charge in [-0.05, 0) is 37.3 Å². The summed E-state index contributed by atoms with van der Waals surface area (Å²) in [5.74, 6) is -4.32. The summed E-state index contributed by atoms with van der Waals surface area (Å²) in [5, 5.41) is 24.5. The highest BCUT2D eigenvalue weighted by Gasteiger charge is 2.92. The van der Waals surface area contributed by atoms with E-state index >= 15 is 4.79 Å². The summed E-state index contributed by atoms with van der Waals surface area (Å²) in [4.78, 5) is 52.3. The molecule has 6 fully saturated rings. The molecule has 2 saturated heterocycles. The van der Waals surface area contributed by atoms with Gasteiger partial charge in [0.1, 0.15) is 11.7 Å². The Bertz CT molecular complexity index is 1420. The fourth-order valence-corrected chi connectivity index (χ4v) is 11.3. The van der Waals surface area contributed by atoms with Crippen LogP contribution in [0.3, 0.4) is 0 Å². The van der Waals surface area contributed by atoms with Crippen molar-refractivity contribution in [3.8, 4) is 0 Å². The fourth-order valence-electron chi connectivity index (χ4n) is 11.3. The molecule has 4 aliphatic carbocycles. The molecule has 2 N–H and O–H groups in total. The number of fused-ring (bicyclic) bond motifs is 1. The van der Waals surface area contributed by atoms with E-state index in [1.165, 1.54) is 20.8 Å². The number of Topliss-reactive ketones (excluding diaryl/α,β-unsaturated/α-hetero) is 1. The molecular weight excluding hydrogens is 576 g/mol. The molecule has 0 aromatic carbocycles. The Morgan fingerprint density at radius 3 is 2.20 bits per heavy atom. The normalized spacial score (nSPS) is 51.6. The monoisotopic (exact) mass is 616 g/mol. The third kappa shape index (κ3) is 3.22. The van der Waals surface area contributed by atoms with Gasteiger partial charge in [0.2, 0.25) is 6.29 Å². The maximum Gasteiger partial charge on any atom is 0.304 e. The second kappa shape index (κ2) is 9.14. The highest BCUT2D eigenvalue weighted by atomic mass is 16.7. The number of hydrogen-bond donors (Lipinski definition) is 2. The van der Waals surface area contributed by atoms with Crippen molar-refractivity contribution in [1.82, 2.24) is 0 Å². The maximum absolute atomic E-state index is 15.2. The number of ether oxygens (including phenoxy) is 5. The lowest BCUT2D eigenvalue weighted by Crippen LogP contribution is -2.82. The van der Waals surface area contributed by atoms with E-state index in [2.05, 4.69) is 0 Å². The van der Waals surface area contributed by atoms with Crippen LogP contribution in [-0.2, 0) is 42.9 Å². The Hall–Kier alpha value is -2.80. The maximum atomic E-state index is 15.2. The standard InChI is InChI=1S/C32H40O12/c1-14(33)41-22-11-21(37)31-13-40-27(43-16(3)35)28(22,4)19(31)10-20(36)30(6)25(31)24(38)26(42-15(2)34)29(5)18(17-7-8-39-12-17)9-23-32(29,30)44-23/h7-8,12,18-23,25-27,36-37H,9-11,13H2,1-6H3/t18-,19-,20+,21-,22+,23+,25-,26-,27-,28+,29+,30+,31+,32+/m0/s1. The van der Waals surface area contributed by atoms with E-state index in [-0.39, 0.29) is 31.5 Å². The van der Waals surface area contributed by atoms with Gasteiger partial charge in [-0.2, -0.15) is 0 Å². The Balaban J connectivity index is 1.43. The first-order valence-electron chi connectivity index (χ1n) is 15.3. The van der Waals surface area contributed by atoms with E-state index < -0.39 is 93.5 Å². The predicted octanol–water partition coefficient (Wildman–Crippen LogP) is 2.04. The van der Waals surface area contributed by atoms with Gasteiger partial charge in [-0.15, -0.1) is 0 Å². The average molecular weight is 617 g/mol. The lowest BCUT2D eigenvalue weighted by Gasteiger charge is -2.73. The van der Waals surface area contributed by atoms with E-state index in [0.717, 1.165) is 5.56 Å². The summed E-state index contributed by atoms with van der Waals surface area (Å²) in [6.45, 7) is 9.09. The number of furan rings is 1. The zero-order chi connectivity index (χ0) is 31.8. The lowest BCUT2D eigenvalue weighted by molar-refractivity contribution is -0.374. The SMILES string of the molecule is CC(=O)O[C@@H]1OC[C@@]23[C@H]4C(=O)[C@H](OC(C)=O)[C@@]5(C)[C@H](c6ccoc6)C[C@H]6O[C@]65[C@]4(C)[C@H](O)C[C@H]2[C@]1(C)[C@H](OC(C)=O)C[C@@H]3O. The average Bonchev–Trinajstić information content (AvgIpc) is 3.29. The number of epoxide rings is 1. The number of hydrogen-bond acceptors (Lipinski definition) is 12. The zero-order valence-electron chi connectivity index (χ0n) is 25.7. The molecule has 1 spiro atoms. The number of ketones is 1. The molecule has 12 nitrogen and oxygen atoms in total. The number of aliphatic hydroxyl groups excluding tert-OH is 2. The van der Waals surface area contributed by atoms with Crippen LogP contribution in [0.4, 0.5) is 0 Å². The number of carbonyl (C=O) groups excluding carboxylic acids is 4. The van der Waals surface area contributed by atoms with Crippen LogP contribution in [0, 0.1) is 33.5 Å². The van der Waals surface area contributed by atoms with Gasteiger partial charge in [-0.1, -0.05) is 13.8 Å². The first kappa shape index (κ1) is 29.9. The van der Waals surface area contributed by atoms with Gasteiger partial charge in [-0.25, -0.2) is 0 Å². The molecule has 1 aromatic heterocycles. The number of carbonyl (C=O) groups is 4. The fraction of sp³-hybridized carbons (Fsp3) is 0.750. The minimum absolute atomic E-state index is 0.0475. The van der Waals surface area contributed by atoms with Crippen LogP contribution in [0.15, 0.2) is 23.0 Å². The first-order valence-corrected chi connectivity index (χ1v) is 15.3. The van der Waals surface area contributed by atoms with Crippen LogP contribution in [0.1, 0.15) is 72.3 Å². The van der Waals surface area contributed by atoms with Crippen molar-refractivity contribution in [3.63, 3.8) is 0 Å². The van der Waals surface area contributed by atoms with Gasteiger partial charge in [0.25, 0.3) is 0 Å². The first-order chi connectivity index (χ1) is 20.6. The molecule has 240 valence electrons. The molecule has 2 bridgehead atoms. The van der Waals surface area contributed by atoms with Crippen molar-refractivity contribution in [2.45, 2.75) is 109 Å². The third-order valence-corrected chi connectivity index (χ3v) is 12.8. The summed E-state index contributed by atoms with van der Waals surface area (Å²) in [6.07, 6.45) is -2.32. The molecule has 0 unspecified atom stereocenters. The van der Waals surface area contributed by atoms with Crippen LogP contribution in [0.2, 0.25) is 0 Å². The van der Waals surface area contributed by atoms with Crippen molar-refractivity contribution in [3.05, 3.63) is 24.2 Å². The van der Waals surface area contributed by atoms with Crippen LogP contribution < -0.4 is 0 Å². The van der Waals surface area contributed by atoms with Crippen molar-refractivity contribution in [2.75, 3.05) is 6.61 Å². The van der Waals surface area contributed by atoms with Crippen LogP contribution in [-0.4, -0.2) is 82.9 Å². The summed E-state index contributed by atoms with van der Waals surface area (Å²) in [7, 11) is 0. The highest BCUT2D eigenvalue weighted by molar-refractivity contribution is 5.93. The Morgan fingerprint density at radius 2 is 1.59 bits per heavy atom. The summed E-state index contributed by atoms with van der Waals surface area (Å²) in [6, 6.07) is 1.83. The van der Waals surface area contributed by atoms with E-state index in [4.69, 9.17) is 28.1 Å². The van der Waals surface area contributed by atoms with Gasteiger partial charge in [0.15, 0.2) is 11.9 Å². The van der Waals surface area contributed by atoms with E-state index in [9.17, 15) is 24.6 Å². The minimum Gasteiger partial charge on any atom is -0.472 e. The largest absolute Gasteiger partial charge is 0.472 e. The molecule has 2 aliphatic heterocycles. The van der Waals surface area contributed by atoms with Crippen molar-refractivity contribution >= 4 is 23.7 Å². The zero-order valence-corrected chi connectivity index (χ0v) is 25.7. The van der Waals surface area contributed by atoms with Crippen molar-refractivity contribution < 1.29 is 57.5 Å². The van der Waals surface area contributed by atoms with Crippen LogP contribution in [0.5, 0.6) is 0 Å². The molecular formula is C32H40O12. The highest BCUT2D eigenvalue weighted by Crippen LogP contribution is 2.83. The van der Waals surface area contributed by atoms with Gasteiger partial charge in [-0.3, -0.25) is 19.2 Å². The van der Waals surface area contributed by atoms with Crippen LogP contribution >= 0.6 is 0 Å². The molecule has 7 rings (SSSR count). The molecule has 44 heavy (non-hydrogen) atoms. The van der Waals surface area contributed by atoms with Gasteiger partial charge >= 0.3 is 17.9 Å². The van der Waals surface area contributed by atoms with E-state index in [1.807, 2.05) is 19.9 Å². The molecule has 12 heteroatoms. The second-order valence-electron chi connectivity index (χ2n) is 14.5.